The van der Waals surface area contributed by atoms with E-state index in [0.29, 0.717) is 5.56 Å². The lowest BCUT2D eigenvalue weighted by Gasteiger charge is -2.27. The Kier molecular flexibility index (Phi) is 11.3. The molecule has 0 radical (unpaired) electrons. The van der Waals surface area contributed by atoms with Gasteiger partial charge in [0.2, 0.25) is 5.91 Å². The molecule has 4 rings (SSSR count). The van der Waals surface area contributed by atoms with Crippen molar-refractivity contribution in [3.05, 3.63) is 98.0 Å². The number of carbonyl (C=O) groups is 4. The molecule has 7 nitrogen and oxygen atoms in total. The molecule has 3 aromatic rings. The van der Waals surface area contributed by atoms with Crippen LogP contribution in [0.25, 0.3) is 0 Å². The molecular formula is C35H31Cl4F4NO6. The molecule has 0 heterocycles. The molecule has 2 atom stereocenters. The molecule has 1 fully saturated rings. The SMILES string of the molecule is CC(C)(C)OC(=O)C(C(=O)OC(C)(C)C)c1c(F)ccc(CC(=O)c2cc(NC(=O)[C@H]3[C@H](c4ccc(F)c(Cl)c4)C3(Cl)Cl)cc(F)c2Cl)c1F. The molecule has 0 aliphatic heterocycles. The zero-order valence-corrected chi connectivity index (χ0v) is 30.5. The van der Waals surface area contributed by atoms with Crippen LogP contribution in [0.1, 0.15) is 80.4 Å². The van der Waals surface area contributed by atoms with Crippen LogP contribution in [0.5, 0.6) is 0 Å². The lowest BCUT2D eigenvalue weighted by atomic mass is 9.92. The van der Waals surface area contributed by atoms with Gasteiger partial charge >= 0.3 is 11.9 Å². The van der Waals surface area contributed by atoms with E-state index in [2.05, 4.69) is 5.32 Å². The van der Waals surface area contributed by atoms with E-state index in [1.54, 1.807) is 0 Å². The molecule has 0 aromatic heterocycles. The summed E-state index contributed by atoms with van der Waals surface area (Å²) in [4.78, 5) is 52.8. The highest BCUT2D eigenvalue weighted by Gasteiger charge is 2.67. The number of Topliss-reactive ketones (excluding diaryl/α,β-unsaturated/α-hetero) is 1. The Morgan fingerprint density at radius 2 is 1.38 bits per heavy atom. The van der Waals surface area contributed by atoms with E-state index in [0.717, 1.165) is 30.3 Å². The Morgan fingerprint density at radius 1 is 0.820 bits per heavy atom. The zero-order valence-electron chi connectivity index (χ0n) is 27.5. The largest absolute Gasteiger partial charge is 0.459 e. The highest BCUT2D eigenvalue weighted by atomic mass is 35.5. The van der Waals surface area contributed by atoms with Crippen LogP contribution >= 0.6 is 46.4 Å². The van der Waals surface area contributed by atoms with Crippen LogP contribution in [-0.4, -0.2) is 39.2 Å². The van der Waals surface area contributed by atoms with Gasteiger partial charge in [-0.3, -0.25) is 19.2 Å². The third-order valence-corrected chi connectivity index (χ3v) is 8.98. The summed E-state index contributed by atoms with van der Waals surface area (Å²) >= 11 is 24.7. The first-order valence-corrected chi connectivity index (χ1v) is 16.5. The molecule has 1 aliphatic carbocycles. The first kappa shape index (κ1) is 39.4. The summed E-state index contributed by atoms with van der Waals surface area (Å²) in [6.45, 7) is 8.94. The fraction of sp³-hybridized carbons (Fsp3) is 0.371. The molecule has 1 N–H and O–H groups in total. The van der Waals surface area contributed by atoms with E-state index in [4.69, 9.17) is 55.9 Å². The van der Waals surface area contributed by atoms with Crippen molar-refractivity contribution in [3.63, 3.8) is 0 Å². The van der Waals surface area contributed by atoms with Crippen molar-refractivity contribution in [3.8, 4) is 0 Å². The molecule has 0 spiro atoms. The van der Waals surface area contributed by atoms with Crippen LogP contribution in [0.3, 0.4) is 0 Å². The van der Waals surface area contributed by atoms with Crippen molar-refractivity contribution in [2.45, 2.75) is 75.3 Å². The molecule has 15 heteroatoms. The minimum atomic E-state index is -2.20. The predicted octanol–water partition coefficient (Wildman–Crippen LogP) is 9.27. The predicted molar refractivity (Wildman–Crippen MR) is 181 cm³/mol. The number of nitrogens with one attached hydrogen (secondary N) is 1. The van der Waals surface area contributed by atoms with Crippen LogP contribution in [0.4, 0.5) is 23.2 Å². The van der Waals surface area contributed by atoms with Gasteiger partial charge in [-0.1, -0.05) is 35.3 Å². The molecule has 1 amide bonds. The van der Waals surface area contributed by atoms with Crippen molar-refractivity contribution < 1.29 is 46.2 Å². The lowest BCUT2D eigenvalue weighted by Crippen LogP contribution is -2.36. The van der Waals surface area contributed by atoms with Crippen LogP contribution < -0.4 is 5.32 Å². The van der Waals surface area contributed by atoms with Gasteiger partial charge in [0.15, 0.2) is 11.7 Å². The number of amides is 1. The van der Waals surface area contributed by atoms with E-state index in [1.807, 2.05) is 0 Å². The van der Waals surface area contributed by atoms with E-state index in [1.165, 1.54) is 53.7 Å². The average molecular weight is 779 g/mol. The number of halogens is 8. The number of anilines is 1. The molecule has 1 aliphatic rings. The number of ketones is 1. The van der Waals surface area contributed by atoms with Crippen LogP contribution in [0, 0.1) is 29.2 Å². The Morgan fingerprint density at radius 3 is 1.92 bits per heavy atom. The molecule has 50 heavy (non-hydrogen) atoms. The third-order valence-electron chi connectivity index (χ3n) is 7.37. The molecular weight excluding hydrogens is 748 g/mol. The smallest absolute Gasteiger partial charge is 0.325 e. The molecule has 3 aromatic carbocycles. The quantitative estimate of drug-likeness (QED) is 0.0765. The second-order valence-corrected chi connectivity index (χ2v) is 15.9. The number of carbonyl (C=O) groups excluding carboxylic acids is 4. The van der Waals surface area contributed by atoms with Gasteiger partial charge in [0.05, 0.1) is 16.0 Å². The summed E-state index contributed by atoms with van der Waals surface area (Å²) < 4.78 is 68.8. The number of hydrogen-bond donors (Lipinski definition) is 1. The number of alkyl halides is 2. The van der Waals surface area contributed by atoms with Crippen molar-refractivity contribution >= 4 is 75.7 Å². The van der Waals surface area contributed by atoms with E-state index >= 15 is 8.78 Å². The van der Waals surface area contributed by atoms with Gasteiger partial charge in [-0.25, -0.2) is 17.6 Å². The number of ether oxygens (including phenoxy) is 2. The highest BCUT2D eigenvalue weighted by molar-refractivity contribution is 6.53. The molecule has 0 unspecified atom stereocenters. The minimum Gasteiger partial charge on any atom is -0.459 e. The average Bonchev–Trinajstić information content (AvgIpc) is 3.55. The second-order valence-electron chi connectivity index (χ2n) is 13.6. The van der Waals surface area contributed by atoms with E-state index in [-0.39, 0.29) is 10.7 Å². The number of rotatable bonds is 9. The van der Waals surface area contributed by atoms with Crippen LogP contribution in [-0.2, 0) is 30.3 Å². The number of benzene rings is 3. The minimum absolute atomic E-state index is 0.212. The summed E-state index contributed by atoms with van der Waals surface area (Å²) in [7, 11) is 0. The van der Waals surface area contributed by atoms with E-state index in [9.17, 15) is 28.0 Å². The number of hydrogen-bond acceptors (Lipinski definition) is 6. The Labute approximate surface area is 305 Å². The van der Waals surface area contributed by atoms with Crippen molar-refractivity contribution in [1.29, 1.82) is 0 Å². The Bertz CT molecular complexity index is 1860. The molecule has 0 saturated heterocycles. The summed E-state index contributed by atoms with van der Waals surface area (Å²) in [5.41, 5.74) is -4.12. The van der Waals surface area contributed by atoms with Gasteiger partial charge in [0.1, 0.15) is 38.8 Å². The standard InChI is InChI=1S/C35H31Cl4F4NO6/c1-33(2,3)49-31(47)25(32(48)50-34(4,5)6)24-21(41)10-8-16(29(24)43)12-23(45)18-13-17(14-22(42)28(18)37)44-30(46)27-26(35(27,38)39)15-7-9-20(40)19(36)11-15/h7-11,13-14,25-27H,12H2,1-6H3,(H,44,46)/t26-,27+/m0/s1. The maximum Gasteiger partial charge on any atom is 0.325 e. The van der Waals surface area contributed by atoms with Crippen molar-refractivity contribution in [1.82, 2.24) is 0 Å². The first-order chi connectivity index (χ1) is 22.9. The summed E-state index contributed by atoms with van der Waals surface area (Å²) in [5, 5.41) is 1.55. The van der Waals surface area contributed by atoms with E-state index < -0.39 is 108 Å². The van der Waals surface area contributed by atoms with Gasteiger partial charge in [-0.05, 0) is 83.0 Å². The summed E-state index contributed by atoms with van der Waals surface area (Å²) in [5.74, 6) is -12.9. The van der Waals surface area contributed by atoms with Gasteiger partial charge in [0.25, 0.3) is 0 Å². The molecule has 0 bridgehead atoms. The monoisotopic (exact) mass is 777 g/mol. The number of esters is 2. The topological polar surface area (TPSA) is 98.8 Å². The van der Waals surface area contributed by atoms with Gasteiger partial charge in [0, 0.05) is 29.2 Å². The second kappa shape index (κ2) is 14.3. The normalized spacial score (nSPS) is 16.9. The molecule has 268 valence electrons. The fourth-order valence-electron chi connectivity index (χ4n) is 5.19. The summed E-state index contributed by atoms with van der Waals surface area (Å²) in [6.07, 6.45) is -0.840. The summed E-state index contributed by atoms with van der Waals surface area (Å²) in [6, 6.07) is 7.26. The van der Waals surface area contributed by atoms with Gasteiger partial charge in [-0.2, -0.15) is 0 Å². The third kappa shape index (κ3) is 8.73. The van der Waals surface area contributed by atoms with Crippen LogP contribution in [0.2, 0.25) is 10.0 Å². The maximum absolute atomic E-state index is 16.0. The Balaban J connectivity index is 1.63. The first-order valence-electron chi connectivity index (χ1n) is 15.0. The van der Waals surface area contributed by atoms with Crippen molar-refractivity contribution in [2.24, 2.45) is 5.92 Å². The van der Waals surface area contributed by atoms with Crippen molar-refractivity contribution in [2.75, 3.05) is 5.32 Å². The highest BCUT2D eigenvalue weighted by Crippen LogP contribution is 2.65. The van der Waals surface area contributed by atoms with Gasteiger partial charge < -0.3 is 14.8 Å². The maximum atomic E-state index is 16.0. The zero-order chi connectivity index (χ0) is 37.7. The van der Waals surface area contributed by atoms with Gasteiger partial charge in [-0.15, -0.1) is 23.2 Å². The Hall–Kier alpha value is -3.38. The fourth-order valence-corrected chi connectivity index (χ4v) is 6.43. The lowest BCUT2D eigenvalue weighted by molar-refractivity contribution is -0.169. The molecule has 1 saturated carbocycles. The van der Waals surface area contributed by atoms with Crippen LogP contribution in [0.15, 0.2) is 42.5 Å².